The Hall–Kier alpha value is -3.39. The van der Waals surface area contributed by atoms with Crippen LogP contribution in [0.5, 0.6) is 5.75 Å². The molecular weight excluding hydrogens is 460 g/mol. The van der Waals surface area contributed by atoms with Gasteiger partial charge in [-0.3, -0.25) is 14.6 Å². The molecule has 5 rings (SSSR count). The summed E-state index contributed by atoms with van der Waals surface area (Å²) >= 11 is 1.47. The summed E-state index contributed by atoms with van der Waals surface area (Å²) in [6.07, 6.45) is 12.3. The Morgan fingerprint density at radius 1 is 1.09 bits per heavy atom. The van der Waals surface area contributed by atoms with Crippen LogP contribution in [-0.2, 0) is 9.59 Å². The largest absolute Gasteiger partial charge is 0.422 e. The van der Waals surface area contributed by atoms with Crippen molar-refractivity contribution >= 4 is 51.5 Å². The zero-order chi connectivity index (χ0) is 24.4. The predicted octanol–water partition coefficient (Wildman–Crippen LogP) is 6.21. The van der Waals surface area contributed by atoms with E-state index in [-0.39, 0.29) is 18.2 Å². The molecule has 2 aromatic heterocycles. The van der Waals surface area contributed by atoms with Gasteiger partial charge < -0.3 is 15.4 Å². The highest BCUT2D eigenvalue weighted by Crippen LogP contribution is 2.56. The Morgan fingerprint density at radius 2 is 1.83 bits per heavy atom. The first-order valence-corrected chi connectivity index (χ1v) is 13.2. The average Bonchev–Trinajstić information content (AvgIpc) is 2.90. The van der Waals surface area contributed by atoms with Crippen molar-refractivity contribution in [2.45, 2.75) is 45.4 Å². The Labute approximate surface area is 208 Å². The molecule has 35 heavy (non-hydrogen) atoms. The fourth-order valence-corrected chi connectivity index (χ4v) is 5.84. The highest BCUT2D eigenvalue weighted by molar-refractivity contribution is 8.03. The van der Waals surface area contributed by atoms with Crippen LogP contribution < -0.4 is 15.4 Å². The maximum Gasteiger partial charge on any atom is 0.311 e. The van der Waals surface area contributed by atoms with Crippen molar-refractivity contribution in [1.82, 2.24) is 9.97 Å². The van der Waals surface area contributed by atoms with Gasteiger partial charge in [0.25, 0.3) is 0 Å². The summed E-state index contributed by atoms with van der Waals surface area (Å²) in [4.78, 5) is 35.0. The van der Waals surface area contributed by atoms with E-state index in [0.29, 0.717) is 22.9 Å². The molecule has 0 radical (unpaired) electrons. The molecule has 0 atom stereocenters. The topological polar surface area (TPSA) is 93.2 Å². The van der Waals surface area contributed by atoms with Crippen LogP contribution in [0.15, 0.2) is 59.5 Å². The van der Waals surface area contributed by atoms with Gasteiger partial charge in [0.15, 0.2) is 11.5 Å². The van der Waals surface area contributed by atoms with Gasteiger partial charge in [0, 0.05) is 36.1 Å². The third-order valence-corrected chi connectivity index (χ3v) is 7.66. The lowest BCUT2D eigenvalue weighted by Gasteiger charge is -2.46. The Kier molecular flexibility index (Phi) is 6.47. The molecule has 2 heterocycles. The van der Waals surface area contributed by atoms with Crippen LogP contribution in [0.1, 0.15) is 45.4 Å². The van der Waals surface area contributed by atoms with E-state index in [1.54, 1.807) is 25.5 Å². The number of ether oxygens (including phenoxy) is 1. The van der Waals surface area contributed by atoms with E-state index in [2.05, 4.69) is 20.6 Å². The molecule has 2 aliphatic rings. The van der Waals surface area contributed by atoms with Gasteiger partial charge in [-0.2, -0.15) is 0 Å². The highest BCUT2D eigenvalue weighted by atomic mass is 32.2. The molecular formula is C27H28N4O3S. The molecule has 0 saturated heterocycles. The van der Waals surface area contributed by atoms with E-state index in [1.807, 2.05) is 36.6 Å². The second kappa shape index (κ2) is 9.70. The number of aromatic nitrogens is 2. The van der Waals surface area contributed by atoms with Crippen molar-refractivity contribution in [3.8, 4) is 5.75 Å². The summed E-state index contributed by atoms with van der Waals surface area (Å²) < 4.78 is 5.83. The number of fused-ring (bicyclic) bond motifs is 1. The van der Waals surface area contributed by atoms with Crippen molar-refractivity contribution < 1.29 is 14.3 Å². The number of para-hydroxylation sites is 1. The minimum atomic E-state index is -0.449. The number of carbonyl (C=O) groups excluding carboxylic acids is 2. The number of hydrogen-bond acceptors (Lipinski definition) is 8. The zero-order valence-corrected chi connectivity index (χ0v) is 20.7. The second-order valence-electron chi connectivity index (χ2n) is 8.90. The first-order valence-electron chi connectivity index (χ1n) is 12.0. The molecule has 7 nitrogen and oxygen atoms in total. The number of hydrogen-bond donors (Lipinski definition) is 2. The summed E-state index contributed by atoms with van der Waals surface area (Å²) in [7, 11) is 0. The zero-order valence-electron chi connectivity index (χ0n) is 19.9. The van der Waals surface area contributed by atoms with Crippen LogP contribution in [0.3, 0.4) is 0 Å². The molecule has 0 aliphatic heterocycles. The number of nitrogens with zero attached hydrogens (tertiary/aromatic N) is 2. The number of benzene rings is 1. The number of nitrogens with one attached hydrogen (secondary N) is 2. The number of rotatable bonds is 7. The Balaban J connectivity index is 1.55. The van der Waals surface area contributed by atoms with Gasteiger partial charge in [0.05, 0.1) is 21.7 Å². The Morgan fingerprint density at radius 3 is 2.57 bits per heavy atom. The van der Waals surface area contributed by atoms with E-state index in [1.165, 1.54) is 11.8 Å². The molecule has 2 N–H and O–H groups in total. The summed E-state index contributed by atoms with van der Waals surface area (Å²) in [6, 6.07) is 9.47. The van der Waals surface area contributed by atoms with Crippen molar-refractivity contribution in [2.75, 3.05) is 16.9 Å². The third-order valence-electron chi connectivity index (χ3n) is 6.86. The monoisotopic (exact) mass is 488 g/mol. The molecule has 1 fully saturated rings. The maximum atomic E-state index is 13.1. The van der Waals surface area contributed by atoms with Gasteiger partial charge in [-0.1, -0.05) is 32.3 Å². The van der Waals surface area contributed by atoms with E-state index >= 15 is 0 Å². The lowest BCUT2D eigenvalue weighted by Crippen LogP contribution is -2.47. The molecule has 8 heteroatoms. The van der Waals surface area contributed by atoms with Gasteiger partial charge in [0.2, 0.25) is 0 Å². The SMILES string of the molecule is CCC(=O)Oc1c(NC2=C(SC)C(=O)C23CCCCC3)cccc1Nc1nccc2ccncc12. The smallest absolute Gasteiger partial charge is 0.311 e. The number of Topliss-reactive ketones (excluding diaryl/α,β-unsaturated/α-hetero) is 1. The number of carbonyl (C=O) groups is 2. The summed E-state index contributed by atoms with van der Waals surface area (Å²) in [6.45, 7) is 1.76. The highest BCUT2D eigenvalue weighted by Gasteiger charge is 2.53. The van der Waals surface area contributed by atoms with Crippen LogP contribution in [0, 0.1) is 5.41 Å². The van der Waals surface area contributed by atoms with Crippen LogP contribution in [0.25, 0.3) is 10.8 Å². The molecule has 180 valence electrons. The first kappa shape index (κ1) is 23.4. The standard InChI is InChI=1S/C27H28N4O3S/c1-3-21(32)34-22-19(30-24-23(35-2)25(33)27(24)12-5-4-6-13-27)8-7-9-20(22)31-26-18-16-28-14-10-17(18)11-15-29-26/h7-11,14-16,30H,3-6,12-13H2,1-2H3,(H,29,31). The van der Waals surface area contributed by atoms with Gasteiger partial charge in [-0.25, -0.2) is 4.98 Å². The summed E-state index contributed by atoms with van der Waals surface area (Å²) in [5.74, 6) is 0.903. The fourth-order valence-electron chi connectivity index (χ4n) is 5.00. The average molecular weight is 489 g/mol. The van der Waals surface area contributed by atoms with Crippen molar-refractivity contribution in [1.29, 1.82) is 0 Å². The van der Waals surface area contributed by atoms with E-state index < -0.39 is 5.41 Å². The van der Waals surface area contributed by atoms with Crippen LogP contribution >= 0.6 is 11.8 Å². The predicted molar refractivity (Wildman–Crippen MR) is 140 cm³/mol. The Bertz CT molecular complexity index is 1330. The molecule has 1 saturated carbocycles. The van der Waals surface area contributed by atoms with Crippen LogP contribution in [0.2, 0.25) is 0 Å². The first-order chi connectivity index (χ1) is 17.1. The van der Waals surface area contributed by atoms with Crippen molar-refractivity contribution in [3.63, 3.8) is 0 Å². The van der Waals surface area contributed by atoms with Crippen molar-refractivity contribution in [2.24, 2.45) is 5.41 Å². The molecule has 0 unspecified atom stereocenters. The molecule has 0 amide bonds. The number of esters is 1. The quantitative estimate of drug-likeness (QED) is 0.300. The van der Waals surface area contributed by atoms with Crippen molar-refractivity contribution in [3.05, 3.63) is 59.5 Å². The third kappa shape index (κ3) is 4.16. The fraction of sp³-hybridized carbons (Fsp3) is 0.333. The lowest BCUT2D eigenvalue weighted by molar-refractivity contribution is -0.134. The number of anilines is 3. The second-order valence-corrected chi connectivity index (χ2v) is 9.71. The number of allylic oxidation sites excluding steroid dienone is 2. The van der Waals surface area contributed by atoms with E-state index in [9.17, 15) is 9.59 Å². The number of thioether (sulfide) groups is 1. The van der Waals surface area contributed by atoms with Gasteiger partial charge in [-0.15, -0.1) is 11.8 Å². The minimum absolute atomic E-state index is 0.237. The summed E-state index contributed by atoms with van der Waals surface area (Å²) in [5.41, 5.74) is 1.76. The molecule has 1 spiro atoms. The van der Waals surface area contributed by atoms with Crippen LogP contribution in [0.4, 0.5) is 17.2 Å². The summed E-state index contributed by atoms with van der Waals surface area (Å²) in [5, 5.41) is 8.72. The molecule has 3 aromatic rings. The van der Waals surface area contributed by atoms with Gasteiger partial charge in [0.1, 0.15) is 5.82 Å². The molecule has 0 bridgehead atoms. The molecule has 1 aromatic carbocycles. The number of ketones is 1. The minimum Gasteiger partial charge on any atom is -0.422 e. The molecule has 2 aliphatic carbocycles. The van der Waals surface area contributed by atoms with Crippen LogP contribution in [-0.4, -0.2) is 28.0 Å². The van der Waals surface area contributed by atoms with E-state index in [4.69, 9.17) is 4.74 Å². The normalized spacial score (nSPS) is 16.8. The van der Waals surface area contributed by atoms with Gasteiger partial charge in [-0.05, 0) is 48.7 Å². The number of pyridine rings is 2. The maximum absolute atomic E-state index is 13.1. The lowest BCUT2D eigenvalue weighted by atomic mass is 9.62. The van der Waals surface area contributed by atoms with E-state index in [0.717, 1.165) is 53.5 Å². The van der Waals surface area contributed by atoms with Gasteiger partial charge >= 0.3 is 5.97 Å².